The number of hydrogen-bond acceptors (Lipinski definition) is 4. The molecule has 1 aromatic carbocycles. The van der Waals surface area contributed by atoms with Crippen LogP contribution in [0.2, 0.25) is 0 Å². The van der Waals surface area contributed by atoms with Crippen LogP contribution in [0.5, 0.6) is 0 Å². The summed E-state index contributed by atoms with van der Waals surface area (Å²) in [6.07, 6.45) is 3.01. The van der Waals surface area contributed by atoms with Crippen molar-refractivity contribution >= 4 is 5.97 Å². The van der Waals surface area contributed by atoms with Gasteiger partial charge in [-0.2, -0.15) is 5.26 Å². The van der Waals surface area contributed by atoms with Crippen LogP contribution in [0.25, 0.3) is 0 Å². The van der Waals surface area contributed by atoms with Crippen LogP contribution in [0.3, 0.4) is 0 Å². The van der Waals surface area contributed by atoms with E-state index in [1.165, 1.54) is 7.11 Å². The number of esters is 1. The fourth-order valence-corrected chi connectivity index (χ4v) is 1.96. The summed E-state index contributed by atoms with van der Waals surface area (Å²) in [5.41, 5.74) is 1.75. The highest BCUT2D eigenvalue weighted by Gasteiger charge is 2.07. The first-order valence-corrected chi connectivity index (χ1v) is 6.58. The number of hydrogen-bond donors (Lipinski definition) is 0. The summed E-state index contributed by atoms with van der Waals surface area (Å²) in [5, 5.41) is 8.90. The summed E-state index contributed by atoms with van der Waals surface area (Å²) in [5.74, 6) is -0.185. The van der Waals surface area contributed by atoms with Crippen LogP contribution in [0.4, 0.5) is 0 Å². The Morgan fingerprint density at radius 1 is 1.55 bits per heavy atom. The molecule has 0 saturated carbocycles. The van der Waals surface area contributed by atoms with Crippen LogP contribution in [-0.2, 0) is 16.1 Å². The van der Waals surface area contributed by atoms with E-state index < -0.39 is 0 Å². The van der Waals surface area contributed by atoms with Gasteiger partial charge in [-0.05, 0) is 30.7 Å². The average Bonchev–Trinajstić information content (AvgIpc) is 2.47. The highest BCUT2D eigenvalue weighted by atomic mass is 16.5. The minimum atomic E-state index is -0.185. The second-order valence-electron chi connectivity index (χ2n) is 4.52. The SMILES string of the molecule is C=CCN(CCCC(=O)OC)Cc1cccc(C#N)c1. The molecule has 0 heterocycles. The van der Waals surface area contributed by atoms with Gasteiger partial charge in [0.25, 0.3) is 0 Å². The van der Waals surface area contributed by atoms with E-state index in [2.05, 4.69) is 22.3 Å². The molecule has 0 fully saturated rings. The molecule has 0 aliphatic carbocycles. The average molecular weight is 272 g/mol. The topological polar surface area (TPSA) is 53.3 Å². The molecule has 0 aliphatic rings. The Labute approximate surface area is 120 Å². The van der Waals surface area contributed by atoms with Gasteiger partial charge in [0.15, 0.2) is 0 Å². The molecular formula is C16H20N2O2. The van der Waals surface area contributed by atoms with E-state index in [4.69, 9.17) is 5.26 Å². The molecule has 0 atom stereocenters. The fourth-order valence-electron chi connectivity index (χ4n) is 1.96. The third kappa shape index (κ3) is 5.68. The maximum Gasteiger partial charge on any atom is 0.305 e. The Kier molecular flexibility index (Phi) is 7.08. The molecule has 0 spiro atoms. The van der Waals surface area contributed by atoms with Crippen molar-refractivity contribution < 1.29 is 9.53 Å². The van der Waals surface area contributed by atoms with Crippen LogP contribution >= 0.6 is 0 Å². The van der Waals surface area contributed by atoms with E-state index in [1.807, 2.05) is 24.3 Å². The van der Waals surface area contributed by atoms with Crippen molar-refractivity contribution in [3.63, 3.8) is 0 Å². The molecule has 20 heavy (non-hydrogen) atoms. The Hall–Kier alpha value is -2.12. The molecule has 0 saturated heterocycles. The van der Waals surface area contributed by atoms with Crippen molar-refractivity contribution in [1.29, 1.82) is 5.26 Å². The number of nitriles is 1. The van der Waals surface area contributed by atoms with Gasteiger partial charge in [0.1, 0.15) is 0 Å². The lowest BCUT2D eigenvalue weighted by atomic mass is 10.1. The lowest BCUT2D eigenvalue weighted by Crippen LogP contribution is -2.25. The van der Waals surface area contributed by atoms with E-state index >= 15 is 0 Å². The molecule has 106 valence electrons. The number of benzene rings is 1. The lowest BCUT2D eigenvalue weighted by molar-refractivity contribution is -0.140. The van der Waals surface area contributed by atoms with Crippen molar-refractivity contribution in [3.8, 4) is 6.07 Å². The number of methoxy groups -OCH3 is 1. The number of ether oxygens (including phenoxy) is 1. The number of carbonyl (C=O) groups excluding carboxylic acids is 1. The van der Waals surface area contributed by atoms with Gasteiger partial charge in [0.05, 0.1) is 18.7 Å². The molecular weight excluding hydrogens is 252 g/mol. The van der Waals surface area contributed by atoms with Crippen LogP contribution in [0, 0.1) is 11.3 Å². The summed E-state index contributed by atoms with van der Waals surface area (Å²) >= 11 is 0. The maximum atomic E-state index is 11.1. The zero-order chi connectivity index (χ0) is 14.8. The highest BCUT2D eigenvalue weighted by Crippen LogP contribution is 2.09. The quantitative estimate of drug-likeness (QED) is 0.539. The predicted molar refractivity (Wildman–Crippen MR) is 77.9 cm³/mol. The normalized spacial score (nSPS) is 10.1. The zero-order valence-corrected chi connectivity index (χ0v) is 11.8. The maximum absolute atomic E-state index is 11.1. The molecule has 4 heteroatoms. The van der Waals surface area contributed by atoms with Gasteiger partial charge in [-0.1, -0.05) is 18.2 Å². The molecule has 0 bridgehead atoms. The standard InChI is InChI=1S/C16H20N2O2/c1-3-9-18(10-5-8-16(19)20-2)13-15-7-4-6-14(11-15)12-17/h3-4,6-7,11H,1,5,8-10,13H2,2H3. The summed E-state index contributed by atoms with van der Waals surface area (Å²) < 4.78 is 4.63. The van der Waals surface area contributed by atoms with E-state index in [1.54, 1.807) is 6.07 Å². The van der Waals surface area contributed by atoms with Crippen LogP contribution in [-0.4, -0.2) is 31.1 Å². The van der Waals surface area contributed by atoms with E-state index in [9.17, 15) is 4.79 Å². The van der Waals surface area contributed by atoms with Crippen LogP contribution < -0.4 is 0 Å². The summed E-state index contributed by atoms with van der Waals surface area (Å²) in [6, 6.07) is 9.69. The second kappa shape index (κ2) is 8.89. The van der Waals surface area contributed by atoms with E-state index in [0.717, 1.165) is 31.6 Å². The molecule has 0 aliphatic heterocycles. The minimum absolute atomic E-state index is 0.185. The van der Waals surface area contributed by atoms with Gasteiger partial charge in [-0.3, -0.25) is 9.69 Å². The largest absolute Gasteiger partial charge is 0.469 e. The van der Waals surface area contributed by atoms with Gasteiger partial charge in [-0.25, -0.2) is 0 Å². The minimum Gasteiger partial charge on any atom is -0.469 e. The number of rotatable bonds is 8. The molecule has 0 amide bonds. The van der Waals surface area contributed by atoms with Crippen molar-refractivity contribution in [2.75, 3.05) is 20.2 Å². The molecule has 1 aromatic rings. The van der Waals surface area contributed by atoms with Gasteiger partial charge in [-0.15, -0.1) is 6.58 Å². The fraction of sp³-hybridized carbons (Fsp3) is 0.375. The third-order valence-electron chi connectivity index (χ3n) is 2.93. The van der Waals surface area contributed by atoms with Gasteiger partial charge in [0.2, 0.25) is 0 Å². The molecule has 0 radical (unpaired) electrons. The molecule has 0 N–H and O–H groups in total. The Morgan fingerprint density at radius 2 is 2.35 bits per heavy atom. The first-order chi connectivity index (χ1) is 9.69. The van der Waals surface area contributed by atoms with Crippen molar-refractivity contribution in [2.45, 2.75) is 19.4 Å². The van der Waals surface area contributed by atoms with Crippen LogP contribution in [0.1, 0.15) is 24.0 Å². The predicted octanol–water partition coefficient (Wildman–Crippen LogP) is 2.50. The monoisotopic (exact) mass is 272 g/mol. The Balaban J connectivity index is 2.55. The van der Waals surface area contributed by atoms with Gasteiger partial charge < -0.3 is 4.74 Å². The molecule has 0 aromatic heterocycles. The Morgan fingerprint density at radius 3 is 3.00 bits per heavy atom. The van der Waals surface area contributed by atoms with Gasteiger partial charge in [0, 0.05) is 19.5 Å². The first-order valence-electron chi connectivity index (χ1n) is 6.58. The highest BCUT2D eigenvalue weighted by molar-refractivity contribution is 5.69. The van der Waals surface area contributed by atoms with Crippen molar-refractivity contribution in [1.82, 2.24) is 4.90 Å². The smallest absolute Gasteiger partial charge is 0.305 e. The second-order valence-corrected chi connectivity index (χ2v) is 4.52. The van der Waals surface area contributed by atoms with Crippen molar-refractivity contribution in [2.24, 2.45) is 0 Å². The first kappa shape index (κ1) is 15.9. The molecule has 1 rings (SSSR count). The van der Waals surface area contributed by atoms with Crippen LogP contribution in [0.15, 0.2) is 36.9 Å². The Bertz CT molecular complexity index is 491. The number of nitrogens with zero attached hydrogens (tertiary/aromatic N) is 2. The third-order valence-corrected chi connectivity index (χ3v) is 2.93. The molecule has 0 unspecified atom stereocenters. The zero-order valence-electron chi connectivity index (χ0n) is 11.8. The number of carbonyl (C=O) groups is 1. The van der Waals surface area contributed by atoms with Gasteiger partial charge >= 0.3 is 5.97 Å². The summed E-state index contributed by atoms with van der Waals surface area (Å²) in [6.45, 7) is 6.03. The van der Waals surface area contributed by atoms with E-state index in [0.29, 0.717) is 12.0 Å². The molecule has 4 nitrogen and oxygen atoms in total. The van der Waals surface area contributed by atoms with Crippen molar-refractivity contribution in [3.05, 3.63) is 48.0 Å². The summed E-state index contributed by atoms with van der Waals surface area (Å²) in [4.78, 5) is 13.3. The van der Waals surface area contributed by atoms with E-state index in [-0.39, 0.29) is 5.97 Å². The lowest BCUT2D eigenvalue weighted by Gasteiger charge is -2.20. The summed E-state index contributed by atoms with van der Waals surface area (Å²) in [7, 11) is 1.40.